The van der Waals surface area contributed by atoms with Crippen LogP contribution in [0, 0.1) is 6.92 Å². The van der Waals surface area contributed by atoms with Gasteiger partial charge in [0.25, 0.3) is 0 Å². The molecule has 8 heteroatoms. The molecule has 0 unspecified atom stereocenters. The van der Waals surface area contributed by atoms with Crippen molar-refractivity contribution in [2.45, 2.75) is 31.4 Å². The summed E-state index contributed by atoms with van der Waals surface area (Å²) >= 11 is 6.08. The van der Waals surface area contributed by atoms with Gasteiger partial charge in [-0.15, -0.1) is 0 Å². The van der Waals surface area contributed by atoms with E-state index < -0.39 is 10.0 Å². The van der Waals surface area contributed by atoms with Gasteiger partial charge in [0.2, 0.25) is 10.0 Å². The molecule has 1 atom stereocenters. The average molecular weight is 370 g/mol. The zero-order valence-corrected chi connectivity index (χ0v) is 15.2. The Morgan fingerprint density at radius 1 is 1.42 bits per heavy atom. The third-order valence-corrected chi connectivity index (χ3v) is 6.63. The van der Waals surface area contributed by atoms with Crippen molar-refractivity contribution >= 4 is 21.6 Å². The van der Waals surface area contributed by atoms with Crippen molar-refractivity contribution in [2.24, 2.45) is 0 Å². The molecule has 0 spiro atoms. The molecule has 1 aromatic heterocycles. The van der Waals surface area contributed by atoms with E-state index in [0.717, 1.165) is 12.1 Å². The number of halogens is 1. The van der Waals surface area contributed by atoms with Gasteiger partial charge in [-0.3, -0.25) is 4.68 Å². The van der Waals surface area contributed by atoms with Gasteiger partial charge in [0.15, 0.2) is 0 Å². The average Bonchev–Trinajstić information content (AvgIpc) is 3.06. The summed E-state index contributed by atoms with van der Waals surface area (Å²) in [5, 5.41) is 4.68. The molecule has 1 saturated heterocycles. The molecule has 0 radical (unpaired) electrons. The first kappa shape index (κ1) is 17.4. The molecule has 1 aromatic carbocycles. The highest BCUT2D eigenvalue weighted by molar-refractivity contribution is 7.89. The number of ether oxygens (including phenoxy) is 1. The molecule has 1 aliphatic heterocycles. The Bertz CT molecular complexity index is 835. The molecule has 0 aliphatic carbocycles. The Balaban J connectivity index is 1.87. The van der Waals surface area contributed by atoms with Crippen molar-refractivity contribution in [3.8, 4) is 0 Å². The van der Waals surface area contributed by atoms with Gasteiger partial charge in [-0.05, 0) is 31.5 Å². The molecule has 24 heavy (non-hydrogen) atoms. The van der Waals surface area contributed by atoms with Gasteiger partial charge in [-0.2, -0.15) is 9.40 Å². The topological polar surface area (TPSA) is 64.4 Å². The van der Waals surface area contributed by atoms with Crippen molar-refractivity contribution < 1.29 is 13.2 Å². The number of hydrogen-bond acceptors (Lipinski definition) is 4. The monoisotopic (exact) mass is 369 g/mol. The van der Waals surface area contributed by atoms with Crippen LogP contribution < -0.4 is 0 Å². The summed E-state index contributed by atoms with van der Waals surface area (Å²) in [6.45, 7) is 5.42. The number of benzene rings is 1. The summed E-state index contributed by atoms with van der Waals surface area (Å²) in [6.07, 6.45) is 3.31. The first-order valence-electron chi connectivity index (χ1n) is 7.82. The Morgan fingerprint density at radius 3 is 2.92 bits per heavy atom. The molecular formula is C16H20ClN3O3S. The number of aromatic nitrogens is 2. The Morgan fingerprint density at radius 2 is 2.21 bits per heavy atom. The molecule has 6 nitrogen and oxygen atoms in total. The second kappa shape index (κ2) is 6.84. The highest BCUT2D eigenvalue weighted by Gasteiger charge is 2.33. The van der Waals surface area contributed by atoms with E-state index in [1.807, 2.05) is 13.1 Å². The maximum atomic E-state index is 13.0. The number of morpholine rings is 1. The molecule has 3 rings (SSSR count). The maximum Gasteiger partial charge on any atom is 0.243 e. The third kappa shape index (κ3) is 3.21. The van der Waals surface area contributed by atoms with E-state index in [9.17, 15) is 8.42 Å². The van der Waals surface area contributed by atoms with Crippen molar-refractivity contribution in [3.05, 3.63) is 46.7 Å². The lowest BCUT2D eigenvalue weighted by Gasteiger charge is -2.32. The predicted octanol–water partition coefficient (Wildman–Crippen LogP) is 2.63. The molecule has 0 bridgehead atoms. The minimum atomic E-state index is -3.61. The fourth-order valence-corrected chi connectivity index (χ4v) is 4.67. The van der Waals surface area contributed by atoms with Crippen LogP contribution in [0.1, 0.15) is 24.2 Å². The fraction of sp³-hybridized carbons (Fsp3) is 0.438. The maximum absolute atomic E-state index is 13.0. The van der Waals surface area contributed by atoms with Crippen LogP contribution in [0.4, 0.5) is 0 Å². The zero-order chi connectivity index (χ0) is 17.3. The lowest BCUT2D eigenvalue weighted by molar-refractivity contribution is -0.00261. The van der Waals surface area contributed by atoms with E-state index in [2.05, 4.69) is 5.10 Å². The van der Waals surface area contributed by atoms with Gasteiger partial charge in [-0.1, -0.05) is 17.7 Å². The van der Waals surface area contributed by atoms with E-state index in [0.29, 0.717) is 23.7 Å². The second-order valence-electron chi connectivity index (χ2n) is 5.71. The Kier molecular flexibility index (Phi) is 4.96. The molecule has 0 N–H and O–H groups in total. The van der Waals surface area contributed by atoms with Crippen molar-refractivity contribution in [1.29, 1.82) is 0 Å². The van der Waals surface area contributed by atoms with Crippen LogP contribution in [0.3, 0.4) is 0 Å². The second-order valence-corrected chi connectivity index (χ2v) is 8.03. The quantitative estimate of drug-likeness (QED) is 0.831. The van der Waals surface area contributed by atoms with Crippen molar-refractivity contribution in [2.75, 3.05) is 19.7 Å². The van der Waals surface area contributed by atoms with Gasteiger partial charge < -0.3 is 4.74 Å². The standard InChI is InChI=1S/C16H20ClN3O3S/c1-3-19-10-13(9-18-19)15-11-20(7-8-23-15)24(21,22)16-6-4-5-14(17)12(16)2/h4-6,9-10,15H,3,7-8,11H2,1-2H3/t15-/m1/s1. The number of rotatable bonds is 4. The Hall–Kier alpha value is -1.41. The first-order chi connectivity index (χ1) is 11.4. The van der Waals surface area contributed by atoms with E-state index in [1.165, 1.54) is 4.31 Å². The van der Waals surface area contributed by atoms with Crippen LogP contribution in [0.25, 0.3) is 0 Å². The minimum absolute atomic E-state index is 0.250. The van der Waals surface area contributed by atoms with Crippen LogP contribution in [0.2, 0.25) is 5.02 Å². The van der Waals surface area contributed by atoms with Gasteiger partial charge in [0.1, 0.15) is 0 Å². The SMILES string of the molecule is CCn1cc([C@H]2CN(S(=O)(=O)c3cccc(Cl)c3C)CCO2)cn1. The summed E-state index contributed by atoms with van der Waals surface area (Å²) in [4.78, 5) is 0.250. The minimum Gasteiger partial charge on any atom is -0.371 e. The lowest BCUT2D eigenvalue weighted by atomic mass is 10.2. The summed E-state index contributed by atoms with van der Waals surface area (Å²) in [6, 6.07) is 4.94. The van der Waals surface area contributed by atoms with E-state index in [1.54, 1.807) is 36.0 Å². The van der Waals surface area contributed by atoms with Crippen LogP contribution in [0.5, 0.6) is 0 Å². The summed E-state index contributed by atoms with van der Waals surface area (Å²) in [7, 11) is -3.61. The molecule has 1 aliphatic rings. The molecule has 0 saturated carbocycles. The molecule has 130 valence electrons. The van der Waals surface area contributed by atoms with Gasteiger partial charge in [-0.25, -0.2) is 8.42 Å². The van der Waals surface area contributed by atoms with Crippen molar-refractivity contribution in [3.63, 3.8) is 0 Å². The predicted molar refractivity (Wildman–Crippen MR) is 91.5 cm³/mol. The highest BCUT2D eigenvalue weighted by Crippen LogP contribution is 2.29. The number of hydrogen-bond donors (Lipinski definition) is 0. The van der Waals surface area contributed by atoms with Crippen LogP contribution in [0.15, 0.2) is 35.5 Å². The largest absolute Gasteiger partial charge is 0.371 e. The van der Waals surface area contributed by atoms with E-state index in [4.69, 9.17) is 16.3 Å². The first-order valence-corrected chi connectivity index (χ1v) is 9.64. The van der Waals surface area contributed by atoms with Crippen LogP contribution >= 0.6 is 11.6 Å². The molecule has 2 heterocycles. The molecule has 1 fully saturated rings. The highest BCUT2D eigenvalue weighted by atomic mass is 35.5. The number of nitrogens with zero attached hydrogens (tertiary/aromatic N) is 3. The van der Waals surface area contributed by atoms with E-state index in [-0.39, 0.29) is 17.5 Å². The summed E-state index contributed by atoms with van der Waals surface area (Å²) in [5.74, 6) is 0. The van der Waals surface area contributed by atoms with Gasteiger partial charge in [0.05, 0.1) is 23.8 Å². The van der Waals surface area contributed by atoms with Crippen LogP contribution in [-0.2, 0) is 21.3 Å². The number of aryl methyl sites for hydroxylation is 1. The third-order valence-electron chi connectivity index (χ3n) is 4.21. The molecule has 2 aromatic rings. The smallest absolute Gasteiger partial charge is 0.243 e. The normalized spacial score (nSPS) is 19.5. The Labute approximate surface area is 147 Å². The van der Waals surface area contributed by atoms with Gasteiger partial charge in [0, 0.05) is 36.4 Å². The van der Waals surface area contributed by atoms with Crippen molar-refractivity contribution in [1.82, 2.24) is 14.1 Å². The lowest BCUT2D eigenvalue weighted by Crippen LogP contribution is -2.42. The zero-order valence-electron chi connectivity index (χ0n) is 13.6. The molecule has 0 amide bonds. The number of sulfonamides is 1. The van der Waals surface area contributed by atoms with Gasteiger partial charge >= 0.3 is 0 Å². The van der Waals surface area contributed by atoms with E-state index >= 15 is 0 Å². The summed E-state index contributed by atoms with van der Waals surface area (Å²) < 4.78 is 35.0. The van der Waals surface area contributed by atoms with Crippen LogP contribution in [-0.4, -0.2) is 42.2 Å². The summed E-state index contributed by atoms with van der Waals surface area (Å²) in [5.41, 5.74) is 1.46. The molecular weight excluding hydrogens is 350 g/mol. The fourth-order valence-electron chi connectivity index (χ4n) is 2.77.